The van der Waals surface area contributed by atoms with Gasteiger partial charge in [-0.05, 0) is 32.0 Å². The molecule has 5 nitrogen and oxygen atoms in total. The van der Waals surface area contributed by atoms with Crippen LogP contribution in [0.2, 0.25) is 10.0 Å². The summed E-state index contributed by atoms with van der Waals surface area (Å²) in [5.41, 5.74) is 0. The summed E-state index contributed by atoms with van der Waals surface area (Å²) in [4.78, 5) is 28.2. The highest BCUT2D eigenvalue weighted by Crippen LogP contribution is 2.28. The van der Waals surface area contributed by atoms with Gasteiger partial charge >= 0.3 is 0 Å². The molecule has 1 atom stereocenters. The Morgan fingerprint density at radius 1 is 1.42 bits per heavy atom. The van der Waals surface area contributed by atoms with Gasteiger partial charge in [-0.15, -0.1) is 11.8 Å². The Balaban J connectivity index is 1.99. The molecular formula is C16H20Cl2N2O3S. The number of ether oxygens (including phenoxy) is 1. The fourth-order valence-corrected chi connectivity index (χ4v) is 3.83. The fourth-order valence-electron chi connectivity index (χ4n) is 2.20. The van der Waals surface area contributed by atoms with Gasteiger partial charge in [0.05, 0.1) is 10.9 Å². The van der Waals surface area contributed by atoms with E-state index in [2.05, 4.69) is 0 Å². The normalized spacial score (nSPS) is 17.2. The Hall–Kier alpha value is -1.11. The number of carbonyl (C=O) groups excluding carboxylic acids is 2. The van der Waals surface area contributed by atoms with Gasteiger partial charge in [0.1, 0.15) is 11.8 Å². The van der Waals surface area contributed by atoms with Gasteiger partial charge in [-0.25, -0.2) is 0 Å². The molecule has 0 saturated carbocycles. The molecule has 1 saturated heterocycles. The van der Waals surface area contributed by atoms with Gasteiger partial charge in [-0.3, -0.25) is 9.59 Å². The maximum atomic E-state index is 12.5. The molecule has 1 aromatic carbocycles. The lowest BCUT2D eigenvalue weighted by molar-refractivity contribution is -0.144. The molecule has 1 aliphatic heterocycles. The van der Waals surface area contributed by atoms with E-state index in [4.69, 9.17) is 27.9 Å². The molecule has 0 unspecified atom stereocenters. The first-order chi connectivity index (χ1) is 11.3. The predicted octanol–water partition coefficient (Wildman–Crippen LogP) is 3.14. The van der Waals surface area contributed by atoms with Crippen LogP contribution in [0, 0.1) is 0 Å². The van der Waals surface area contributed by atoms with Crippen molar-refractivity contribution in [2.24, 2.45) is 0 Å². The molecular weight excluding hydrogens is 371 g/mol. The van der Waals surface area contributed by atoms with E-state index in [-0.39, 0.29) is 24.5 Å². The first kappa shape index (κ1) is 19.2. The Morgan fingerprint density at radius 3 is 2.75 bits per heavy atom. The molecule has 1 aromatic rings. The minimum absolute atomic E-state index is 0.0483. The number of thioether (sulfide) groups is 1. The molecule has 0 aliphatic carbocycles. The smallest absolute Gasteiger partial charge is 0.261 e. The summed E-state index contributed by atoms with van der Waals surface area (Å²) in [5, 5.41) is 0.843. The number of amides is 2. The second-order valence-electron chi connectivity index (χ2n) is 5.79. The minimum atomic E-state index is -0.445. The highest BCUT2D eigenvalue weighted by atomic mass is 35.5. The molecule has 132 valence electrons. The largest absolute Gasteiger partial charge is 0.482 e. The first-order valence-electron chi connectivity index (χ1n) is 7.53. The predicted molar refractivity (Wildman–Crippen MR) is 97.8 cm³/mol. The van der Waals surface area contributed by atoms with Crippen molar-refractivity contribution in [2.75, 3.05) is 25.3 Å². The van der Waals surface area contributed by atoms with Crippen molar-refractivity contribution in [1.29, 1.82) is 0 Å². The van der Waals surface area contributed by atoms with Crippen LogP contribution in [-0.2, 0) is 9.59 Å². The van der Waals surface area contributed by atoms with Crippen molar-refractivity contribution in [3.63, 3.8) is 0 Å². The maximum absolute atomic E-state index is 12.5. The Morgan fingerprint density at radius 2 is 2.12 bits per heavy atom. The van der Waals surface area contributed by atoms with Crippen LogP contribution in [0.25, 0.3) is 0 Å². The van der Waals surface area contributed by atoms with Crippen LogP contribution in [0.5, 0.6) is 5.75 Å². The number of hydrogen-bond acceptors (Lipinski definition) is 4. The van der Waals surface area contributed by atoms with E-state index in [0.29, 0.717) is 27.4 Å². The second-order valence-corrected chi connectivity index (χ2v) is 7.63. The zero-order valence-corrected chi connectivity index (χ0v) is 16.1. The standard InChI is InChI=1S/C16H20Cl2N2O3S/c1-10(2)19(3)16(22)13-8-24-9-20(13)15(21)7-23-14-5-4-11(17)6-12(14)18/h4-6,10,13H,7-9H2,1-3H3/t13-/m1/s1. The number of rotatable bonds is 5. The molecule has 0 spiro atoms. The summed E-state index contributed by atoms with van der Waals surface area (Å²) in [6, 6.07) is 4.45. The van der Waals surface area contributed by atoms with Crippen molar-refractivity contribution in [1.82, 2.24) is 9.80 Å². The molecule has 2 rings (SSSR count). The lowest BCUT2D eigenvalue weighted by atomic mass is 10.2. The van der Waals surface area contributed by atoms with Gasteiger partial charge in [0, 0.05) is 23.9 Å². The van der Waals surface area contributed by atoms with Crippen molar-refractivity contribution in [2.45, 2.75) is 25.9 Å². The van der Waals surface area contributed by atoms with Crippen LogP contribution in [0.3, 0.4) is 0 Å². The van der Waals surface area contributed by atoms with Crippen LogP contribution < -0.4 is 4.74 Å². The Kier molecular flexibility index (Phi) is 6.66. The van der Waals surface area contributed by atoms with Crippen LogP contribution in [-0.4, -0.2) is 59.0 Å². The molecule has 24 heavy (non-hydrogen) atoms. The highest BCUT2D eigenvalue weighted by Gasteiger charge is 2.36. The average molecular weight is 391 g/mol. The van der Waals surface area contributed by atoms with E-state index in [1.54, 1.807) is 46.8 Å². The summed E-state index contributed by atoms with van der Waals surface area (Å²) in [6.07, 6.45) is 0. The minimum Gasteiger partial charge on any atom is -0.482 e. The number of nitrogens with zero attached hydrogens (tertiary/aromatic N) is 2. The van der Waals surface area contributed by atoms with Crippen molar-refractivity contribution in [3.05, 3.63) is 28.2 Å². The van der Waals surface area contributed by atoms with Gasteiger partial charge in [0.25, 0.3) is 5.91 Å². The molecule has 2 amide bonds. The third kappa shape index (κ3) is 4.49. The topological polar surface area (TPSA) is 49.9 Å². The zero-order chi connectivity index (χ0) is 17.9. The molecule has 0 N–H and O–H groups in total. The number of carbonyl (C=O) groups is 2. The summed E-state index contributed by atoms with van der Waals surface area (Å²) in [5.74, 6) is 1.19. The van der Waals surface area contributed by atoms with Crippen LogP contribution in [0.4, 0.5) is 0 Å². The summed E-state index contributed by atoms with van der Waals surface area (Å²) < 4.78 is 5.49. The number of likely N-dealkylation sites (N-methyl/N-ethyl adjacent to an activating group) is 1. The van der Waals surface area contributed by atoms with E-state index in [1.165, 1.54) is 0 Å². The third-order valence-corrected chi connectivity index (χ3v) is 5.40. The number of hydrogen-bond donors (Lipinski definition) is 0. The lowest BCUT2D eigenvalue weighted by Crippen LogP contribution is -2.50. The van der Waals surface area contributed by atoms with E-state index in [1.807, 2.05) is 13.8 Å². The lowest BCUT2D eigenvalue weighted by Gasteiger charge is -2.29. The number of halogens is 2. The van der Waals surface area contributed by atoms with E-state index in [9.17, 15) is 9.59 Å². The summed E-state index contributed by atoms with van der Waals surface area (Å²) in [7, 11) is 1.75. The first-order valence-corrected chi connectivity index (χ1v) is 9.44. The fraction of sp³-hybridized carbons (Fsp3) is 0.500. The molecule has 8 heteroatoms. The van der Waals surface area contributed by atoms with E-state index >= 15 is 0 Å². The average Bonchev–Trinajstić information content (AvgIpc) is 3.01. The molecule has 0 bridgehead atoms. The second kappa shape index (κ2) is 8.32. The maximum Gasteiger partial charge on any atom is 0.261 e. The Labute approximate surface area is 156 Å². The van der Waals surface area contributed by atoms with Gasteiger partial charge in [-0.2, -0.15) is 0 Å². The molecule has 1 aliphatic rings. The van der Waals surface area contributed by atoms with E-state index in [0.717, 1.165) is 0 Å². The monoisotopic (exact) mass is 390 g/mol. The van der Waals surface area contributed by atoms with Gasteiger partial charge in [0.2, 0.25) is 5.91 Å². The SMILES string of the molecule is CC(C)N(C)C(=O)[C@H]1CSCN1C(=O)COc1ccc(Cl)cc1Cl. The summed E-state index contributed by atoms with van der Waals surface area (Å²) >= 11 is 13.4. The molecule has 0 aromatic heterocycles. The number of benzene rings is 1. The van der Waals surface area contributed by atoms with Gasteiger partial charge in [0.15, 0.2) is 6.61 Å². The summed E-state index contributed by atoms with van der Waals surface area (Å²) in [6.45, 7) is 3.71. The van der Waals surface area contributed by atoms with Crippen LogP contribution >= 0.6 is 35.0 Å². The third-order valence-electron chi connectivity index (χ3n) is 3.86. The molecule has 1 heterocycles. The van der Waals surface area contributed by atoms with Crippen molar-refractivity contribution < 1.29 is 14.3 Å². The Bertz CT molecular complexity index is 627. The molecule has 1 fully saturated rings. The van der Waals surface area contributed by atoms with Gasteiger partial charge < -0.3 is 14.5 Å². The quantitative estimate of drug-likeness (QED) is 0.774. The zero-order valence-electron chi connectivity index (χ0n) is 13.8. The van der Waals surface area contributed by atoms with Crippen LogP contribution in [0.15, 0.2) is 18.2 Å². The van der Waals surface area contributed by atoms with Crippen molar-refractivity contribution >= 4 is 46.8 Å². The van der Waals surface area contributed by atoms with Crippen LogP contribution in [0.1, 0.15) is 13.8 Å². The molecule has 0 radical (unpaired) electrons. The highest BCUT2D eigenvalue weighted by molar-refractivity contribution is 7.99. The van der Waals surface area contributed by atoms with Crippen molar-refractivity contribution in [3.8, 4) is 5.75 Å². The van der Waals surface area contributed by atoms with E-state index < -0.39 is 6.04 Å². The van der Waals surface area contributed by atoms with Gasteiger partial charge in [-0.1, -0.05) is 23.2 Å².